The highest BCUT2D eigenvalue weighted by molar-refractivity contribution is 8.00. The molecule has 1 heterocycles. The number of halogens is 1. The van der Waals surface area contributed by atoms with Crippen molar-refractivity contribution in [3.05, 3.63) is 64.9 Å². The molecule has 0 radical (unpaired) electrons. The summed E-state index contributed by atoms with van der Waals surface area (Å²) >= 11 is 7.42. The summed E-state index contributed by atoms with van der Waals surface area (Å²) in [6.07, 6.45) is 0.697. The van der Waals surface area contributed by atoms with Crippen LogP contribution in [0.2, 0.25) is 5.02 Å². The average molecular weight is 431 g/mol. The summed E-state index contributed by atoms with van der Waals surface area (Å²) in [5, 5.41) is 12.4. The second-order valence-electron chi connectivity index (χ2n) is 6.40. The van der Waals surface area contributed by atoms with E-state index in [9.17, 15) is 4.79 Å². The Hall–Kier alpha value is -2.51. The average Bonchev–Trinajstić information content (AvgIpc) is 3.09. The molecule has 0 fully saturated rings. The second kappa shape index (κ2) is 9.80. The van der Waals surface area contributed by atoms with Crippen LogP contribution in [0.15, 0.2) is 53.7 Å². The van der Waals surface area contributed by atoms with Crippen LogP contribution in [0.25, 0.3) is 0 Å². The van der Waals surface area contributed by atoms with Crippen LogP contribution in [0, 0.1) is 0 Å². The number of thioether (sulfide) groups is 1. The van der Waals surface area contributed by atoms with Crippen molar-refractivity contribution in [2.24, 2.45) is 0 Å². The minimum Gasteiger partial charge on any atom is -0.495 e. The maximum atomic E-state index is 12.7. The molecule has 1 atom stereocenters. The van der Waals surface area contributed by atoms with Gasteiger partial charge in [0.15, 0.2) is 5.16 Å². The third-order valence-corrected chi connectivity index (χ3v) is 5.70. The molecule has 2 aromatic carbocycles. The number of rotatable bonds is 8. The van der Waals surface area contributed by atoms with Gasteiger partial charge in [0.1, 0.15) is 11.6 Å². The van der Waals surface area contributed by atoms with Crippen LogP contribution in [0.4, 0.5) is 5.69 Å². The smallest absolute Gasteiger partial charge is 0.237 e. The van der Waals surface area contributed by atoms with Gasteiger partial charge in [0.25, 0.3) is 0 Å². The van der Waals surface area contributed by atoms with E-state index in [0.717, 1.165) is 17.5 Å². The van der Waals surface area contributed by atoms with Gasteiger partial charge < -0.3 is 14.6 Å². The van der Waals surface area contributed by atoms with Crippen LogP contribution < -0.4 is 10.1 Å². The van der Waals surface area contributed by atoms with E-state index in [0.29, 0.717) is 22.9 Å². The lowest BCUT2D eigenvalue weighted by molar-refractivity contribution is -0.115. The molecule has 0 unspecified atom stereocenters. The Morgan fingerprint density at radius 2 is 2.00 bits per heavy atom. The number of nitrogens with zero attached hydrogens (tertiary/aromatic N) is 3. The summed E-state index contributed by atoms with van der Waals surface area (Å²) < 4.78 is 7.33. The summed E-state index contributed by atoms with van der Waals surface area (Å²) in [7, 11) is 1.55. The van der Waals surface area contributed by atoms with E-state index in [4.69, 9.17) is 16.3 Å². The van der Waals surface area contributed by atoms with Crippen LogP contribution in [0.1, 0.15) is 25.2 Å². The zero-order valence-corrected chi connectivity index (χ0v) is 18.1. The molecule has 0 bridgehead atoms. The Morgan fingerprint density at radius 1 is 1.24 bits per heavy atom. The highest BCUT2D eigenvalue weighted by Gasteiger charge is 2.21. The first-order chi connectivity index (χ1) is 14.0. The first-order valence-electron chi connectivity index (χ1n) is 9.28. The molecule has 0 aliphatic heterocycles. The third-order valence-electron chi connectivity index (χ3n) is 4.39. The molecular formula is C21H23ClN4O2S. The number of ether oxygens (including phenoxy) is 1. The predicted molar refractivity (Wildman–Crippen MR) is 117 cm³/mol. The topological polar surface area (TPSA) is 69.0 Å². The van der Waals surface area contributed by atoms with Crippen molar-refractivity contribution in [3.8, 4) is 5.75 Å². The van der Waals surface area contributed by atoms with E-state index in [1.54, 1.807) is 25.3 Å². The summed E-state index contributed by atoms with van der Waals surface area (Å²) in [5.41, 5.74) is 1.71. The Bertz CT molecular complexity index is 978. The molecule has 3 aromatic rings. The van der Waals surface area contributed by atoms with Crippen molar-refractivity contribution >= 4 is 35.0 Å². The van der Waals surface area contributed by atoms with Gasteiger partial charge >= 0.3 is 0 Å². The molecule has 3 rings (SSSR count). The number of carbonyl (C=O) groups is 1. The fourth-order valence-corrected chi connectivity index (χ4v) is 3.96. The fraction of sp³-hybridized carbons (Fsp3) is 0.286. The van der Waals surface area contributed by atoms with Gasteiger partial charge in [-0.2, -0.15) is 0 Å². The van der Waals surface area contributed by atoms with Crippen molar-refractivity contribution in [3.63, 3.8) is 0 Å². The highest BCUT2D eigenvalue weighted by atomic mass is 35.5. The number of benzene rings is 2. The maximum absolute atomic E-state index is 12.7. The van der Waals surface area contributed by atoms with Gasteiger partial charge in [0.2, 0.25) is 5.91 Å². The summed E-state index contributed by atoms with van der Waals surface area (Å²) in [5.74, 6) is 1.28. The number of aromatic nitrogens is 3. The SMILES string of the molecule is CCn1c(Cc2ccccc2)nnc1S[C@H](C)C(=O)Nc1cc(Cl)ccc1OC. The molecule has 1 N–H and O–H groups in total. The van der Waals surface area contributed by atoms with Crippen molar-refractivity contribution in [2.75, 3.05) is 12.4 Å². The number of hydrogen-bond acceptors (Lipinski definition) is 5. The van der Waals surface area contributed by atoms with Crippen LogP contribution >= 0.6 is 23.4 Å². The number of methoxy groups -OCH3 is 1. The lowest BCUT2D eigenvalue weighted by Gasteiger charge is -2.15. The molecule has 0 aliphatic carbocycles. The number of amides is 1. The molecule has 152 valence electrons. The largest absolute Gasteiger partial charge is 0.495 e. The molecular weight excluding hydrogens is 408 g/mol. The molecule has 1 amide bonds. The number of hydrogen-bond donors (Lipinski definition) is 1. The Balaban J connectivity index is 1.71. The normalized spacial score (nSPS) is 11.9. The standard InChI is InChI=1S/C21H23ClN4O2S/c1-4-26-19(12-15-8-6-5-7-9-15)24-25-21(26)29-14(2)20(27)23-17-13-16(22)10-11-18(17)28-3/h5-11,13-14H,4,12H2,1-3H3,(H,23,27)/t14-/m1/s1. The van der Waals surface area contributed by atoms with Crippen molar-refractivity contribution < 1.29 is 9.53 Å². The van der Waals surface area contributed by atoms with Crippen LogP contribution in [-0.4, -0.2) is 33.0 Å². The molecule has 6 nitrogen and oxygen atoms in total. The molecule has 8 heteroatoms. The van der Waals surface area contributed by atoms with E-state index in [1.807, 2.05) is 36.6 Å². The van der Waals surface area contributed by atoms with Crippen LogP contribution in [0.5, 0.6) is 5.75 Å². The zero-order valence-electron chi connectivity index (χ0n) is 16.6. The minimum absolute atomic E-state index is 0.161. The molecule has 0 spiro atoms. The lowest BCUT2D eigenvalue weighted by atomic mass is 10.1. The number of nitrogens with one attached hydrogen (secondary N) is 1. The number of carbonyl (C=O) groups excluding carboxylic acids is 1. The van der Waals surface area contributed by atoms with Crippen LogP contribution in [0.3, 0.4) is 0 Å². The molecule has 1 aromatic heterocycles. The monoisotopic (exact) mass is 430 g/mol. The van der Waals surface area contributed by atoms with Crippen molar-refractivity contribution in [1.82, 2.24) is 14.8 Å². The molecule has 29 heavy (non-hydrogen) atoms. The Morgan fingerprint density at radius 3 is 2.69 bits per heavy atom. The highest BCUT2D eigenvalue weighted by Crippen LogP contribution is 2.29. The fourth-order valence-electron chi connectivity index (χ4n) is 2.86. The summed E-state index contributed by atoms with van der Waals surface area (Å²) in [4.78, 5) is 12.7. The van der Waals surface area contributed by atoms with Gasteiger partial charge in [0, 0.05) is 18.0 Å². The van der Waals surface area contributed by atoms with Gasteiger partial charge in [0.05, 0.1) is 18.0 Å². The van der Waals surface area contributed by atoms with Gasteiger partial charge in [-0.25, -0.2) is 0 Å². The van der Waals surface area contributed by atoms with E-state index in [1.165, 1.54) is 17.3 Å². The minimum atomic E-state index is -0.377. The second-order valence-corrected chi connectivity index (χ2v) is 8.14. The van der Waals surface area contributed by atoms with E-state index < -0.39 is 0 Å². The van der Waals surface area contributed by atoms with Crippen molar-refractivity contribution in [1.29, 1.82) is 0 Å². The van der Waals surface area contributed by atoms with Gasteiger partial charge in [-0.1, -0.05) is 53.7 Å². The third kappa shape index (κ3) is 5.31. The van der Waals surface area contributed by atoms with E-state index >= 15 is 0 Å². The quantitative estimate of drug-likeness (QED) is 0.526. The Kier molecular flexibility index (Phi) is 7.17. The van der Waals surface area contributed by atoms with E-state index in [2.05, 4.69) is 27.6 Å². The van der Waals surface area contributed by atoms with Gasteiger partial charge in [-0.05, 0) is 37.6 Å². The molecule has 0 aliphatic rings. The van der Waals surface area contributed by atoms with Crippen LogP contribution in [-0.2, 0) is 17.8 Å². The van der Waals surface area contributed by atoms with Gasteiger partial charge in [-0.3, -0.25) is 4.79 Å². The van der Waals surface area contributed by atoms with E-state index in [-0.39, 0.29) is 11.2 Å². The predicted octanol–water partition coefficient (Wildman–Crippen LogP) is 4.67. The van der Waals surface area contributed by atoms with Gasteiger partial charge in [-0.15, -0.1) is 10.2 Å². The first kappa shape index (κ1) is 21.2. The lowest BCUT2D eigenvalue weighted by Crippen LogP contribution is -2.23. The zero-order chi connectivity index (χ0) is 20.8. The maximum Gasteiger partial charge on any atom is 0.237 e. The molecule has 0 saturated heterocycles. The number of anilines is 1. The first-order valence-corrected chi connectivity index (χ1v) is 10.5. The van der Waals surface area contributed by atoms with Crippen molar-refractivity contribution in [2.45, 2.75) is 37.2 Å². The Labute approximate surface area is 179 Å². The summed E-state index contributed by atoms with van der Waals surface area (Å²) in [6, 6.07) is 15.2. The summed E-state index contributed by atoms with van der Waals surface area (Å²) in [6.45, 7) is 4.61. The molecule has 0 saturated carbocycles.